The summed E-state index contributed by atoms with van der Waals surface area (Å²) >= 11 is 0. The second kappa shape index (κ2) is 3.42. The van der Waals surface area contributed by atoms with Gasteiger partial charge < -0.3 is 14.8 Å². The second-order valence-corrected chi connectivity index (χ2v) is 4.40. The van der Waals surface area contributed by atoms with Crippen LogP contribution in [0.25, 0.3) is 0 Å². The summed E-state index contributed by atoms with van der Waals surface area (Å²) in [5.74, 6) is 2.27. The fourth-order valence-electron chi connectivity index (χ4n) is 2.04. The molecule has 0 radical (unpaired) electrons. The summed E-state index contributed by atoms with van der Waals surface area (Å²) in [5, 5.41) is 3.32. The minimum absolute atomic E-state index is 0.463. The highest BCUT2D eigenvalue weighted by atomic mass is 16.5. The Morgan fingerprint density at radius 1 is 1.07 bits per heavy atom. The Balaban J connectivity index is 1.99. The zero-order valence-corrected chi connectivity index (χ0v) is 8.88. The molecule has 0 spiro atoms. The first-order valence-corrected chi connectivity index (χ1v) is 5.45. The first-order chi connectivity index (χ1) is 7.33. The van der Waals surface area contributed by atoms with Crippen molar-refractivity contribution in [3.63, 3.8) is 0 Å². The van der Waals surface area contributed by atoms with Crippen LogP contribution in [0.15, 0.2) is 12.1 Å². The number of hydrogen-bond donors (Lipinski definition) is 1. The first kappa shape index (κ1) is 9.04. The van der Waals surface area contributed by atoms with Gasteiger partial charge in [-0.25, -0.2) is 0 Å². The summed E-state index contributed by atoms with van der Waals surface area (Å²) in [6, 6.07) is 4.23. The van der Waals surface area contributed by atoms with Crippen molar-refractivity contribution in [2.75, 3.05) is 13.2 Å². The number of hydrogen-bond acceptors (Lipinski definition) is 3. The van der Waals surface area contributed by atoms with Crippen molar-refractivity contribution in [3.05, 3.63) is 23.3 Å². The van der Waals surface area contributed by atoms with Crippen molar-refractivity contribution >= 4 is 0 Å². The molecule has 0 amide bonds. The minimum atomic E-state index is 0.463. The molecule has 3 nitrogen and oxygen atoms in total. The Labute approximate surface area is 89.4 Å². The largest absolute Gasteiger partial charge is 0.489 e. The van der Waals surface area contributed by atoms with Gasteiger partial charge in [-0.05, 0) is 23.3 Å². The maximum Gasteiger partial charge on any atom is 0.161 e. The standard InChI is InChI=1S/C12H15NO2/c1-8-6-14-11-2-9-4-13-5-10(9)3-12(11)15-7-8/h2-3,8,13H,4-7H2,1H3. The third-order valence-electron chi connectivity index (χ3n) is 2.94. The van der Waals surface area contributed by atoms with Crippen LogP contribution in [-0.2, 0) is 13.1 Å². The number of fused-ring (bicyclic) bond motifs is 2. The highest BCUT2D eigenvalue weighted by Crippen LogP contribution is 2.34. The van der Waals surface area contributed by atoms with Crippen molar-refractivity contribution < 1.29 is 9.47 Å². The smallest absolute Gasteiger partial charge is 0.161 e. The van der Waals surface area contributed by atoms with Crippen molar-refractivity contribution in [1.82, 2.24) is 5.32 Å². The predicted molar refractivity (Wildman–Crippen MR) is 57.1 cm³/mol. The summed E-state index contributed by atoms with van der Waals surface area (Å²) in [6.45, 7) is 5.53. The molecule has 0 atom stereocenters. The monoisotopic (exact) mass is 205 g/mol. The van der Waals surface area contributed by atoms with Crippen molar-refractivity contribution in [1.29, 1.82) is 0 Å². The van der Waals surface area contributed by atoms with Gasteiger partial charge in [0.25, 0.3) is 0 Å². The number of benzene rings is 1. The lowest BCUT2D eigenvalue weighted by Gasteiger charge is -2.08. The van der Waals surface area contributed by atoms with Crippen molar-refractivity contribution in [2.24, 2.45) is 5.92 Å². The number of rotatable bonds is 0. The van der Waals surface area contributed by atoms with Gasteiger partial charge in [-0.1, -0.05) is 6.92 Å². The lowest BCUT2D eigenvalue weighted by molar-refractivity contribution is 0.228. The molecule has 2 heterocycles. The maximum atomic E-state index is 5.73. The molecule has 0 aromatic heterocycles. The first-order valence-electron chi connectivity index (χ1n) is 5.45. The molecule has 3 rings (SSSR count). The minimum Gasteiger partial charge on any atom is -0.489 e. The van der Waals surface area contributed by atoms with Crippen LogP contribution in [0.3, 0.4) is 0 Å². The Hall–Kier alpha value is -1.22. The SMILES string of the molecule is CC1COc2cc3c(cc2OC1)CNC3. The molecule has 0 bridgehead atoms. The Morgan fingerprint density at radius 3 is 2.13 bits per heavy atom. The van der Waals surface area contributed by atoms with E-state index in [1.165, 1.54) is 11.1 Å². The molecule has 1 N–H and O–H groups in total. The average Bonchev–Trinajstić information content (AvgIpc) is 2.61. The predicted octanol–water partition coefficient (Wildman–Crippen LogP) is 1.70. The number of ether oxygens (including phenoxy) is 2. The third kappa shape index (κ3) is 1.57. The molecule has 0 fully saturated rings. The van der Waals surface area contributed by atoms with Gasteiger partial charge in [0.1, 0.15) is 0 Å². The van der Waals surface area contributed by atoms with Gasteiger partial charge in [0, 0.05) is 19.0 Å². The topological polar surface area (TPSA) is 30.5 Å². The third-order valence-corrected chi connectivity index (χ3v) is 2.94. The highest BCUT2D eigenvalue weighted by molar-refractivity contribution is 5.49. The molecular formula is C12H15NO2. The summed E-state index contributed by atoms with van der Waals surface area (Å²) in [7, 11) is 0. The summed E-state index contributed by atoms with van der Waals surface area (Å²) in [6.07, 6.45) is 0. The number of nitrogens with one attached hydrogen (secondary N) is 1. The van der Waals surface area contributed by atoms with Gasteiger partial charge in [0.15, 0.2) is 11.5 Å². The van der Waals surface area contributed by atoms with Crippen LogP contribution in [0.2, 0.25) is 0 Å². The molecule has 1 aromatic rings. The van der Waals surface area contributed by atoms with Crippen LogP contribution in [0, 0.1) is 5.92 Å². The Morgan fingerprint density at radius 2 is 1.60 bits per heavy atom. The van der Waals surface area contributed by atoms with Gasteiger partial charge in [0.2, 0.25) is 0 Å². The van der Waals surface area contributed by atoms with Gasteiger partial charge in [-0.15, -0.1) is 0 Å². The van der Waals surface area contributed by atoms with E-state index in [1.54, 1.807) is 0 Å². The molecule has 0 unspecified atom stereocenters. The van der Waals surface area contributed by atoms with Gasteiger partial charge in [0.05, 0.1) is 13.2 Å². The van der Waals surface area contributed by atoms with Gasteiger partial charge in [-0.2, -0.15) is 0 Å². The van der Waals surface area contributed by atoms with E-state index in [0.717, 1.165) is 37.8 Å². The lowest BCUT2D eigenvalue weighted by Crippen LogP contribution is -2.12. The Bertz CT molecular complexity index is 354. The van der Waals surface area contributed by atoms with Crippen LogP contribution in [0.5, 0.6) is 11.5 Å². The molecule has 0 aliphatic carbocycles. The second-order valence-electron chi connectivity index (χ2n) is 4.40. The van der Waals surface area contributed by atoms with Gasteiger partial charge >= 0.3 is 0 Å². The van der Waals surface area contributed by atoms with Crippen LogP contribution in [-0.4, -0.2) is 13.2 Å². The van der Waals surface area contributed by atoms with E-state index >= 15 is 0 Å². The molecule has 2 aliphatic heterocycles. The highest BCUT2D eigenvalue weighted by Gasteiger charge is 2.19. The molecule has 80 valence electrons. The van der Waals surface area contributed by atoms with Crippen molar-refractivity contribution in [2.45, 2.75) is 20.0 Å². The molecule has 0 saturated carbocycles. The zero-order chi connectivity index (χ0) is 10.3. The maximum absolute atomic E-state index is 5.73. The zero-order valence-electron chi connectivity index (χ0n) is 8.88. The van der Waals surface area contributed by atoms with Crippen LogP contribution < -0.4 is 14.8 Å². The molecule has 15 heavy (non-hydrogen) atoms. The van der Waals surface area contributed by atoms with E-state index in [-0.39, 0.29) is 0 Å². The van der Waals surface area contributed by atoms with E-state index in [1.807, 2.05) is 0 Å². The van der Waals surface area contributed by atoms with E-state index < -0.39 is 0 Å². The quantitative estimate of drug-likeness (QED) is 0.699. The fraction of sp³-hybridized carbons (Fsp3) is 0.500. The Kier molecular flexibility index (Phi) is 2.06. The van der Waals surface area contributed by atoms with Gasteiger partial charge in [-0.3, -0.25) is 0 Å². The normalized spacial score (nSPS) is 19.8. The summed E-state index contributed by atoms with van der Waals surface area (Å²) < 4.78 is 11.5. The lowest BCUT2D eigenvalue weighted by atomic mass is 10.1. The fourth-order valence-corrected chi connectivity index (χ4v) is 2.04. The summed E-state index contributed by atoms with van der Waals surface area (Å²) in [5.41, 5.74) is 2.68. The molecular weight excluding hydrogens is 190 g/mol. The van der Waals surface area contributed by atoms with E-state index in [0.29, 0.717) is 5.92 Å². The average molecular weight is 205 g/mol. The van der Waals surface area contributed by atoms with Crippen molar-refractivity contribution in [3.8, 4) is 11.5 Å². The van der Waals surface area contributed by atoms with Crippen LogP contribution in [0.1, 0.15) is 18.1 Å². The summed E-state index contributed by atoms with van der Waals surface area (Å²) in [4.78, 5) is 0. The van der Waals surface area contributed by atoms with E-state index in [2.05, 4.69) is 24.4 Å². The van der Waals surface area contributed by atoms with E-state index in [9.17, 15) is 0 Å². The molecule has 1 aromatic carbocycles. The van der Waals surface area contributed by atoms with Crippen LogP contribution in [0.4, 0.5) is 0 Å². The molecule has 0 saturated heterocycles. The molecule has 3 heteroatoms. The molecule has 2 aliphatic rings. The van der Waals surface area contributed by atoms with Crippen LogP contribution >= 0.6 is 0 Å². The van der Waals surface area contributed by atoms with E-state index in [4.69, 9.17) is 9.47 Å².